The number of ether oxygens (including phenoxy) is 1. The maximum atomic E-state index is 11.7. The SMILES string of the molecule is Cc1cc(Br)ccc1Oc1ccc(C(=O)N(C)C)cn1. The van der Waals surface area contributed by atoms with Gasteiger partial charge in [-0.3, -0.25) is 4.79 Å². The molecule has 0 bridgehead atoms. The summed E-state index contributed by atoms with van der Waals surface area (Å²) in [6.07, 6.45) is 1.52. The van der Waals surface area contributed by atoms with Gasteiger partial charge in [-0.2, -0.15) is 0 Å². The average Bonchev–Trinajstić information content (AvgIpc) is 2.42. The van der Waals surface area contributed by atoms with Gasteiger partial charge >= 0.3 is 0 Å². The Morgan fingerprint density at radius 1 is 1.25 bits per heavy atom. The van der Waals surface area contributed by atoms with Gasteiger partial charge in [0.15, 0.2) is 0 Å². The first-order valence-electron chi connectivity index (χ1n) is 6.09. The number of halogens is 1. The van der Waals surface area contributed by atoms with E-state index < -0.39 is 0 Å². The van der Waals surface area contributed by atoms with E-state index in [0.717, 1.165) is 15.8 Å². The highest BCUT2D eigenvalue weighted by molar-refractivity contribution is 9.10. The van der Waals surface area contributed by atoms with Crippen molar-refractivity contribution in [3.05, 3.63) is 52.1 Å². The molecule has 2 aromatic rings. The van der Waals surface area contributed by atoms with Gasteiger partial charge in [0.25, 0.3) is 5.91 Å². The molecule has 104 valence electrons. The number of aryl methyl sites for hydroxylation is 1. The third-order valence-electron chi connectivity index (χ3n) is 2.74. The van der Waals surface area contributed by atoms with Crippen molar-refractivity contribution < 1.29 is 9.53 Å². The molecule has 4 nitrogen and oxygen atoms in total. The standard InChI is InChI=1S/C15H15BrN2O2/c1-10-8-12(16)5-6-13(10)20-14-7-4-11(9-17-14)15(19)18(2)3/h4-9H,1-3H3. The van der Waals surface area contributed by atoms with Gasteiger partial charge < -0.3 is 9.64 Å². The predicted molar refractivity (Wildman–Crippen MR) is 81.2 cm³/mol. The molecule has 0 aliphatic carbocycles. The van der Waals surface area contributed by atoms with E-state index in [-0.39, 0.29) is 5.91 Å². The van der Waals surface area contributed by atoms with Crippen LogP contribution in [0.3, 0.4) is 0 Å². The zero-order valence-electron chi connectivity index (χ0n) is 11.6. The van der Waals surface area contributed by atoms with Crippen molar-refractivity contribution in [1.29, 1.82) is 0 Å². The lowest BCUT2D eigenvalue weighted by atomic mass is 10.2. The zero-order chi connectivity index (χ0) is 14.7. The van der Waals surface area contributed by atoms with Gasteiger partial charge in [0.1, 0.15) is 5.75 Å². The zero-order valence-corrected chi connectivity index (χ0v) is 13.1. The normalized spacial score (nSPS) is 10.2. The molecule has 1 aromatic carbocycles. The molecule has 0 aliphatic heterocycles. The van der Waals surface area contributed by atoms with Crippen molar-refractivity contribution in [2.24, 2.45) is 0 Å². The number of pyridine rings is 1. The molecule has 0 fully saturated rings. The van der Waals surface area contributed by atoms with Crippen molar-refractivity contribution >= 4 is 21.8 Å². The molecular weight excluding hydrogens is 320 g/mol. The first-order chi connectivity index (χ1) is 9.47. The Bertz CT molecular complexity index is 624. The monoisotopic (exact) mass is 334 g/mol. The molecule has 1 heterocycles. The highest BCUT2D eigenvalue weighted by Crippen LogP contribution is 2.26. The summed E-state index contributed by atoms with van der Waals surface area (Å²) >= 11 is 3.41. The number of hydrogen-bond donors (Lipinski definition) is 0. The second-order valence-electron chi connectivity index (χ2n) is 4.60. The van der Waals surface area contributed by atoms with E-state index in [1.54, 1.807) is 26.2 Å². The van der Waals surface area contributed by atoms with Crippen molar-refractivity contribution in [3.8, 4) is 11.6 Å². The summed E-state index contributed by atoms with van der Waals surface area (Å²) in [5, 5.41) is 0. The first-order valence-corrected chi connectivity index (χ1v) is 6.88. The van der Waals surface area contributed by atoms with Gasteiger partial charge in [-0.25, -0.2) is 4.98 Å². The van der Waals surface area contributed by atoms with Crippen molar-refractivity contribution in [3.63, 3.8) is 0 Å². The number of amides is 1. The summed E-state index contributed by atoms with van der Waals surface area (Å²) in [4.78, 5) is 17.4. The van der Waals surface area contributed by atoms with Crippen LogP contribution < -0.4 is 4.74 Å². The van der Waals surface area contributed by atoms with Crippen LogP contribution in [0.5, 0.6) is 11.6 Å². The molecular formula is C15H15BrN2O2. The van der Waals surface area contributed by atoms with Gasteiger partial charge in [0.05, 0.1) is 5.56 Å². The van der Waals surface area contributed by atoms with Gasteiger partial charge in [-0.15, -0.1) is 0 Å². The molecule has 0 atom stereocenters. The van der Waals surface area contributed by atoms with E-state index in [1.807, 2.05) is 25.1 Å². The molecule has 0 radical (unpaired) electrons. The average molecular weight is 335 g/mol. The Balaban J connectivity index is 2.17. The summed E-state index contributed by atoms with van der Waals surface area (Å²) < 4.78 is 6.70. The minimum Gasteiger partial charge on any atom is -0.439 e. The largest absolute Gasteiger partial charge is 0.439 e. The maximum Gasteiger partial charge on any atom is 0.254 e. The Kier molecular flexibility index (Phi) is 4.39. The number of carbonyl (C=O) groups is 1. The second kappa shape index (κ2) is 6.05. The molecule has 0 aliphatic rings. The van der Waals surface area contributed by atoms with Crippen molar-refractivity contribution in [1.82, 2.24) is 9.88 Å². The molecule has 1 amide bonds. The molecule has 0 unspecified atom stereocenters. The number of rotatable bonds is 3. The highest BCUT2D eigenvalue weighted by atomic mass is 79.9. The van der Waals surface area contributed by atoms with Crippen LogP contribution in [0.4, 0.5) is 0 Å². The summed E-state index contributed by atoms with van der Waals surface area (Å²) in [7, 11) is 3.41. The number of benzene rings is 1. The van der Waals surface area contributed by atoms with E-state index in [9.17, 15) is 4.79 Å². The molecule has 0 spiro atoms. The van der Waals surface area contributed by atoms with Crippen LogP contribution in [0.1, 0.15) is 15.9 Å². The Morgan fingerprint density at radius 3 is 2.55 bits per heavy atom. The Morgan fingerprint density at radius 2 is 2.00 bits per heavy atom. The van der Waals surface area contributed by atoms with Crippen LogP contribution in [-0.2, 0) is 0 Å². The smallest absolute Gasteiger partial charge is 0.254 e. The summed E-state index contributed by atoms with van der Waals surface area (Å²) in [5.41, 5.74) is 1.55. The second-order valence-corrected chi connectivity index (χ2v) is 5.51. The van der Waals surface area contributed by atoms with Gasteiger partial charge in [-0.05, 0) is 36.8 Å². The summed E-state index contributed by atoms with van der Waals surface area (Å²) in [6, 6.07) is 9.16. The van der Waals surface area contributed by atoms with Gasteiger partial charge in [0.2, 0.25) is 5.88 Å². The quantitative estimate of drug-likeness (QED) is 0.860. The minimum absolute atomic E-state index is 0.0797. The van der Waals surface area contributed by atoms with E-state index in [1.165, 1.54) is 11.1 Å². The van der Waals surface area contributed by atoms with E-state index in [4.69, 9.17) is 4.74 Å². The van der Waals surface area contributed by atoms with Gasteiger partial charge in [-0.1, -0.05) is 15.9 Å². The molecule has 0 saturated carbocycles. The van der Waals surface area contributed by atoms with Crippen LogP contribution in [0, 0.1) is 6.92 Å². The molecule has 1 aromatic heterocycles. The number of hydrogen-bond acceptors (Lipinski definition) is 3. The Hall–Kier alpha value is -1.88. The lowest BCUT2D eigenvalue weighted by Crippen LogP contribution is -2.21. The fraction of sp³-hybridized carbons (Fsp3) is 0.200. The van der Waals surface area contributed by atoms with Crippen LogP contribution in [0.2, 0.25) is 0 Å². The Labute approximate surface area is 126 Å². The number of carbonyl (C=O) groups excluding carboxylic acids is 1. The highest BCUT2D eigenvalue weighted by Gasteiger charge is 2.09. The molecule has 20 heavy (non-hydrogen) atoms. The summed E-state index contributed by atoms with van der Waals surface area (Å²) in [5.74, 6) is 1.13. The van der Waals surface area contributed by atoms with Crippen molar-refractivity contribution in [2.45, 2.75) is 6.92 Å². The number of aromatic nitrogens is 1. The fourth-order valence-electron chi connectivity index (χ4n) is 1.67. The maximum absolute atomic E-state index is 11.7. The molecule has 2 rings (SSSR count). The first kappa shape index (κ1) is 14.5. The number of nitrogens with zero attached hydrogens (tertiary/aromatic N) is 2. The molecule has 0 saturated heterocycles. The van der Waals surface area contributed by atoms with E-state index in [2.05, 4.69) is 20.9 Å². The minimum atomic E-state index is -0.0797. The van der Waals surface area contributed by atoms with Gasteiger partial charge in [0, 0.05) is 30.8 Å². The predicted octanol–water partition coefficient (Wildman–Crippen LogP) is 3.65. The molecule has 5 heteroatoms. The van der Waals surface area contributed by atoms with Crippen LogP contribution in [0.15, 0.2) is 41.0 Å². The fourth-order valence-corrected chi connectivity index (χ4v) is 2.14. The topological polar surface area (TPSA) is 42.4 Å². The van der Waals surface area contributed by atoms with E-state index in [0.29, 0.717) is 11.4 Å². The third kappa shape index (κ3) is 3.36. The third-order valence-corrected chi connectivity index (χ3v) is 3.23. The van der Waals surface area contributed by atoms with Crippen molar-refractivity contribution in [2.75, 3.05) is 14.1 Å². The van der Waals surface area contributed by atoms with Crippen LogP contribution in [-0.4, -0.2) is 29.9 Å². The lowest BCUT2D eigenvalue weighted by Gasteiger charge is -2.11. The van der Waals surface area contributed by atoms with Crippen LogP contribution in [0.25, 0.3) is 0 Å². The lowest BCUT2D eigenvalue weighted by molar-refractivity contribution is 0.0827. The van der Waals surface area contributed by atoms with Crippen LogP contribution >= 0.6 is 15.9 Å². The van der Waals surface area contributed by atoms with E-state index >= 15 is 0 Å². The molecule has 0 N–H and O–H groups in total. The summed E-state index contributed by atoms with van der Waals surface area (Å²) in [6.45, 7) is 1.96.